The molecule has 1 fully saturated rings. The molecule has 0 radical (unpaired) electrons. The van der Waals surface area contributed by atoms with Crippen LogP contribution in [0.15, 0.2) is 48.5 Å². The number of rotatable bonds is 5. The number of hydrogen-bond acceptors (Lipinski definition) is 4. The fourth-order valence-corrected chi connectivity index (χ4v) is 2.97. The summed E-state index contributed by atoms with van der Waals surface area (Å²) in [5.74, 6) is -0.602. The zero-order valence-corrected chi connectivity index (χ0v) is 14.5. The lowest BCUT2D eigenvalue weighted by atomic mass is 10.1. The van der Waals surface area contributed by atoms with Crippen LogP contribution in [0.1, 0.15) is 20.7 Å². The second kappa shape index (κ2) is 8.03. The second-order valence-electron chi connectivity index (χ2n) is 6.09. The molecule has 0 aliphatic carbocycles. The molecule has 2 amide bonds. The van der Waals surface area contributed by atoms with E-state index in [1.807, 2.05) is 12.1 Å². The number of ether oxygens (including phenoxy) is 1. The predicted octanol–water partition coefficient (Wildman–Crippen LogP) is 2.35. The van der Waals surface area contributed by atoms with Crippen LogP contribution < -0.4 is 15.4 Å². The van der Waals surface area contributed by atoms with Gasteiger partial charge in [-0.05, 0) is 48.5 Å². The van der Waals surface area contributed by atoms with Crippen LogP contribution in [0.2, 0.25) is 0 Å². The number of carbonyl (C=O) groups is 2. The molecule has 0 atom stereocenters. The molecule has 0 bridgehead atoms. The summed E-state index contributed by atoms with van der Waals surface area (Å²) >= 11 is 0. The predicted molar refractivity (Wildman–Crippen MR) is 96.2 cm³/mol. The van der Waals surface area contributed by atoms with Gasteiger partial charge in [0.2, 0.25) is 5.91 Å². The Kier molecular flexibility index (Phi) is 5.54. The van der Waals surface area contributed by atoms with Crippen LogP contribution in [-0.2, 0) is 0 Å². The first-order valence-electron chi connectivity index (χ1n) is 8.43. The van der Waals surface area contributed by atoms with Gasteiger partial charge in [0.25, 0.3) is 5.91 Å². The number of alkyl halides is 2. The van der Waals surface area contributed by atoms with Gasteiger partial charge in [0.1, 0.15) is 5.75 Å². The Morgan fingerprint density at radius 1 is 0.889 bits per heavy atom. The van der Waals surface area contributed by atoms with Crippen LogP contribution in [0.3, 0.4) is 0 Å². The molecule has 0 spiro atoms. The van der Waals surface area contributed by atoms with Crippen molar-refractivity contribution in [2.24, 2.45) is 5.73 Å². The van der Waals surface area contributed by atoms with Crippen molar-refractivity contribution in [3.8, 4) is 5.75 Å². The van der Waals surface area contributed by atoms with Gasteiger partial charge in [0.15, 0.2) is 0 Å². The number of halogens is 2. The van der Waals surface area contributed by atoms with E-state index in [9.17, 15) is 18.4 Å². The number of anilines is 1. The molecule has 1 heterocycles. The van der Waals surface area contributed by atoms with E-state index in [-0.39, 0.29) is 11.7 Å². The van der Waals surface area contributed by atoms with Gasteiger partial charge in [-0.25, -0.2) is 0 Å². The third kappa shape index (κ3) is 4.52. The van der Waals surface area contributed by atoms with Crippen molar-refractivity contribution in [3.63, 3.8) is 0 Å². The van der Waals surface area contributed by atoms with E-state index >= 15 is 0 Å². The van der Waals surface area contributed by atoms with Crippen molar-refractivity contribution in [1.82, 2.24) is 4.90 Å². The molecule has 0 aromatic heterocycles. The minimum absolute atomic E-state index is 0.0192. The number of hydrogen-bond donors (Lipinski definition) is 1. The highest BCUT2D eigenvalue weighted by atomic mass is 19.3. The molecule has 3 rings (SSSR count). The molecule has 1 aliphatic rings. The first-order chi connectivity index (χ1) is 12.9. The van der Waals surface area contributed by atoms with Gasteiger partial charge in [0.05, 0.1) is 0 Å². The Bertz CT molecular complexity index is 802. The molecule has 0 unspecified atom stereocenters. The maximum Gasteiger partial charge on any atom is 0.387 e. The van der Waals surface area contributed by atoms with E-state index in [1.165, 1.54) is 24.3 Å². The van der Waals surface area contributed by atoms with E-state index in [4.69, 9.17) is 5.73 Å². The Labute approximate surface area is 155 Å². The van der Waals surface area contributed by atoms with E-state index in [2.05, 4.69) is 9.64 Å². The van der Waals surface area contributed by atoms with Crippen LogP contribution in [0, 0.1) is 0 Å². The highest BCUT2D eigenvalue weighted by Crippen LogP contribution is 2.20. The van der Waals surface area contributed by atoms with Gasteiger partial charge in [0, 0.05) is 43.0 Å². The minimum Gasteiger partial charge on any atom is -0.435 e. The Hall–Kier alpha value is -3.16. The number of carbonyl (C=O) groups excluding carboxylic acids is 2. The van der Waals surface area contributed by atoms with Gasteiger partial charge in [-0.2, -0.15) is 8.78 Å². The summed E-state index contributed by atoms with van der Waals surface area (Å²) in [6.07, 6.45) is 0. The normalized spacial score (nSPS) is 14.3. The summed E-state index contributed by atoms with van der Waals surface area (Å²) in [6.45, 7) is -0.531. The van der Waals surface area contributed by atoms with E-state index < -0.39 is 12.5 Å². The summed E-state index contributed by atoms with van der Waals surface area (Å²) in [6, 6.07) is 12.7. The standard InChI is InChI=1S/C19H19F2N3O3/c20-19(21)27-16-7-3-14(4-8-16)18(26)24-11-9-23(10-12-24)15-5-1-13(2-6-15)17(22)25/h1-8,19H,9-12H2,(H2,22,25). The zero-order chi connectivity index (χ0) is 19.4. The fourth-order valence-electron chi connectivity index (χ4n) is 2.97. The molecule has 1 aliphatic heterocycles. The zero-order valence-electron chi connectivity index (χ0n) is 14.5. The third-order valence-electron chi connectivity index (χ3n) is 4.41. The maximum atomic E-state index is 12.6. The van der Waals surface area contributed by atoms with Gasteiger partial charge in [-0.3, -0.25) is 9.59 Å². The summed E-state index contributed by atoms with van der Waals surface area (Å²) in [5.41, 5.74) is 7.08. The Balaban J connectivity index is 1.58. The Morgan fingerprint density at radius 3 is 1.96 bits per heavy atom. The molecule has 27 heavy (non-hydrogen) atoms. The number of amides is 2. The topological polar surface area (TPSA) is 75.9 Å². The Morgan fingerprint density at radius 2 is 1.44 bits per heavy atom. The minimum atomic E-state index is -2.89. The molecule has 1 saturated heterocycles. The van der Waals surface area contributed by atoms with Crippen LogP contribution in [0.25, 0.3) is 0 Å². The van der Waals surface area contributed by atoms with Gasteiger partial charge < -0.3 is 20.3 Å². The molecule has 6 nitrogen and oxygen atoms in total. The van der Waals surface area contributed by atoms with Crippen molar-refractivity contribution in [2.45, 2.75) is 6.61 Å². The highest BCUT2D eigenvalue weighted by Gasteiger charge is 2.22. The van der Waals surface area contributed by atoms with Crippen LogP contribution >= 0.6 is 0 Å². The largest absolute Gasteiger partial charge is 0.435 e. The van der Waals surface area contributed by atoms with Crippen molar-refractivity contribution >= 4 is 17.5 Å². The molecule has 2 aromatic rings. The fraction of sp³-hybridized carbons (Fsp3) is 0.263. The van der Waals surface area contributed by atoms with Crippen LogP contribution in [0.4, 0.5) is 14.5 Å². The van der Waals surface area contributed by atoms with Crippen molar-refractivity contribution in [2.75, 3.05) is 31.1 Å². The molecule has 0 saturated carbocycles. The van der Waals surface area contributed by atoms with E-state index in [0.717, 1.165) is 5.69 Å². The smallest absolute Gasteiger partial charge is 0.387 e. The van der Waals surface area contributed by atoms with Crippen molar-refractivity contribution in [3.05, 3.63) is 59.7 Å². The number of benzene rings is 2. The maximum absolute atomic E-state index is 12.6. The molecule has 142 valence electrons. The molecule has 2 aromatic carbocycles. The summed E-state index contributed by atoms with van der Waals surface area (Å²) in [5, 5.41) is 0. The third-order valence-corrected chi connectivity index (χ3v) is 4.41. The average molecular weight is 375 g/mol. The molecule has 2 N–H and O–H groups in total. The summed E-state index contributed by atoms with van der Waals surface area (Å²) < 4.78 is 28.7. The number of piperazine rings is 1. The molecular formula is C19H19F2N3O3. The first kappa shape index (κ1) is 18.6. The van der Waals surface area contributed by atoms with Gasteiger partial charge in [-0.15, -0.1) is 0 Å². The van der Waals surface area contributed by atoms with Gasteiger partial charge >= 0.3 is 6.61 Å². The lowest BCUT2D eigenvalue weighted by molar-refractivity contribution is -0.0498. The average Bonchev–Trinajstić information content (AvgIpc) is 2.68. The summed E-state index contributed by atoms with van der Waals surface area (Å²) in [7, 11) is 0. The highest BCUT2D eigenvalue weighted by molar-refractivity contribution is 5.94. The quantitative estimate of drug-likeness (QED) is 0.870. The number of nitrogens with two attached hydrogens (primary N) is 1. The number of nitrogens with zero attached hydrogens (tertiary/aromatic N) is 2. The molecular weight excluding hydrogens is 356 g/mol. The van der Waals surface area contributed by atoms with Crippen LogP contribution in [0.5, 0.6) is 5.75 Å². The number of primary amides is 1. The van der Waals surface area contributed by atoms with Crippen molar-refractivity contribution in [1.29, 1.82) is 0 Å². The van der Waals surface area contributed by atoms with Crippen molar-refractivity contribution < 1.29 is 23.1 Å². The second-order valence-corrected chi connectivity index (χ2v) is 6.09. The van der Waals surface area contributed by atoms with E-state index in [0.29, 0.717) is 37.3 Å². The lowest BCUT2D eigenvalue weighted by Crippen LogP contribution is -2.48. The summed E-state index contributed by atoms with van der Waals surface area (Å²) in [4.78, 5) is 27.5. The lowest BCUT2D eigenvalue weighted by Gasteiger charge is -2.36. The molecule has 8 heteroatoms. The van der Waals surface area contributed by atoms with Crippen LogP contribution in [-0.4, -0.2) is 49.5 Å². The SMILES string of the molecule is NC(=O)c1ccc(N2CCN(C(=O)c3ccc(OC(F)F)cc3)CC2)cc1. The van der Waals surface area contributed by atoms with Gasteiger partial charge in [-0.1, -0.05) is 0 Å². The first-order valence-corrected chi connectivity index (χ1v) is 8.43. The van der Waals surface area contributed by atoms with E-state index in [1.54, 1.807) is 17.0 Å². The monoisotopic (exact) mass is 375 g/mol.